The van der Waals surface area contributed by atoms with Crippen molar-refractivity contribution in [3.05, 3.63) is 276 Å². The van der Waals surface area contributed by atoms with Crippen molar-refractivity contribution in [3.8, 4) is 0 Å². The highest BCUT2D eigenvalue weighted by Crippen LogP contribution is 2.42. The molecule has 6 amide bonds. The molecule has 0 aliphatic carbocycles. The molecule has 29 heteroatoms. The number of anilines is 4. The first-order chi connectivity index (χ1) is 50.2. The summed E-state index contributed by atoms with van der Waals surface area (Å²) in [6.45, 7) is 5.75. The van der Waals surface area contributed by atoms with Gasteiger partial charge in [-0.15, -0.1) is 11.6 Å². The van der Waals surface area contributed by atoms with E-state index in [1.165, 1.54) is 66.8 Å². The molecule has 0 saturated carbocycles. The Morgan fingerprint density at radius 3 is 1.15 bits per heavy atom. The number of amides is 6. The average molecular weight is 1570 g/mol. The Morgan fingerprint density at radius 2 is 0.800 bits per heavy atom. The van der Waals surface area contributed by atoms with Crippen LogP contribution in [0.25, 0.3) is 0 Å². The number of hydrogen-bond donors (Lipinski definition) is 2. The van der Waals surface area contributed by atoms with Crippen LogP contribution < -0.4 is 30.2 Å². The van der Waals surface area contributed by atoms with Crippen LogP contribution in [-0.2, 0) is 37.5 Å². The zero-order valence-electron chi connectivity index (χ0n) is 56.0. The Labute approximate surface area is 631 Å². The molecule has 5 saturated heterocycles. The number of hydrogen-bond acceptors (Lipinski definition) is 8. The van der Waals surface area contributed by atoms with E-state index in [-0.39, 0.29) is 44.3 Å². The number of carbonyl (C=O) groups is 3. The first kappa shape index (κ1) is 79.0. The van der Waals surface area contributed by atoms with E-state index in [2.05, 4.69) is 30.5 Å². The van der Waals surface area contributed by atoms with Crippen molar-refractivity contribution in [2.45, 2.75) is 94.1 Å². The zero-order chi connectivity index (χ0) is 75.0. The average Bonchev–Trinajstić information content (AvgIpc) is 1.64. The molecule has 8 heterocycles. The van der Waals surface area contributed by atoms with Gasteiger partial charge in [0.15, 0.2) is 0 Å². The van der Waals surface area contributed by atoms with E-state index in [1.807, 2.05) is 18.2 Å². The van der Waals surface area contributed by atoms with Gasteiger partial charge in [0.1, 0.15) is 16.1 Å². The molecule has 5 aliphatic heterocycles. The summed E-state index contributed by atoms with van der Waals surface area (Å²) in [5.74, 6) is 1.42. The van der Waals surface area contributed by atoms with Gasteiger partial charge in [0.25, 0.3) is 0 Å². The van der Waals surface area contributed by atoms with Gasteiger partial charge in [-0.25, -0.2) is 29.3 Å². The highest BCUT2D eigenvalue weighted by Gasteiger charge is 2.43. The number of halogens is 15. The van der Waals surface area contributed by atoms with Crippen molar-refractivity contribution < 1.29 is 53.9 Å². The number of urea groups is 3. The van der Waals surface area contributed by atoms with E-state index >= 15 is 0 Å². The van der Waals surface area contributed by atoms with Crippen LogP contribution in [0.2, 0.25) is 25.4 Å². The summed E-state index contributed by atoms with van der Waals surface area (Å²) < 4.78 is 119. The minimum Gasteiger partial charge on any atom is -0.357 e. The lowest BCUT2D eigenvalue weighted by atomic mass is 10.0. The lowest BCUT2D eigenvalue weighted by molar-refractivity contribution is -0.138. The first-order valence-electron chi connectivity index (χ1n) is 33.4. The Bertz CT molecular complexity index is 4320. The summed E-state index contributed by atoms with van der Waals surface area (Å²) in [6.07, 6.45) is -0.584. The molecule has 5 fully saturated rings. The number of piperidine rings is 2. The second-order valence-corrected chi connectivity index (χ2v) is 27.3. The van der Waals surface area contributed by atoms with Crippen LogP contribution in [0.5, 0.6) is 0 Å². The van der Waals surface area contributed by atoms with Gasteiger partial charge in [0.05, 0.1) is 34.8 Å². The van der Waals surface area contributed by atoms with Gasteiger partial charge in [-0.2, -0.15) is 39.5 Å². The Balaban J connectivity index is 0.000000155. The number of nitrogens with zero attached hydrogens (tertiary/aromatic N) is 9. The van der Waals surface area contributed by atoms with Gasteiger partial charge < -0.3 is 25.3 Å². The number of benzene rings is 6. The van der Waals surface area contributed by atoms with Crippen molar-refractivity contribution in [1.82, 2.24) is 35.4 Å². The van der Waals surface area contributed by atoms with Gasteiger partial charge in [0.2, 0.25) is 0 Å². The first-order valence-corrected chi connectivity index (χ1v) is 35.8. The van der Waals surface area contributed by atoms with E-state index in [1.54, 1.807) is 142 Å². The maximum atomic E-state index is 13.5. The molecule has 9 aromatic rings. The molecular weight excluding hydrogens is 1500 g/mol. The van der Waals surface area contributed by atoms with Gasteiger partial charge in [-0.3, -0.25) is 14.7 Å². The molecule has 3 atom stereocenters. The Morgan fingerprint density at radius 1 is 0.419 bits per heavy atom. The molecule has 14 rings (SSSR count). The fourth-order valence-corrected chi connectivity index (χ4v) is 13.1. The van der Waals surface area contributed by atoms with Crippen LogP contribution in [-0.4, -0.2) is 88.7 Å². The van der Waals surface area contributed by atoms with Crippen molar-refractivity contribution in [2.24, 2.45) is 0 Å². The second-order valence-electron chi connectivity index (χ2n) is 25.0. The summed E-state index contributed by atoms with van der Waals surface area (Å²) in [5, 5.41) is 8.31. The third-order valence-corrected chi connectivity index (χ3v) is 19.1. The highest BCUT2D eigenvalue weighted by atomic mass is 35.5. The third-order valence-electron chi connectivity index (χ3n) is 17.6. The van der Waals surface area contributed by atoms with E-state index in [9.17, 15) is 53.9 Å². The van der Waals surface area contributed by atoms with Crippen molar-refractivity contribution >= 4 is 111 Å². The molecule has 6 aromatic carbocycles. The van der Waals surface area contributed by atoms with E-state index in [0.29, 0.717) is 71.6 Å². The highest BCUT2D eigenvalue weighted by molar-refractivity contribution is 6.31. The number of rotatable bonds is 12. The van der Waals surface area contributed by atoms with Crippen LogP contribution in [0.4, 0.5) is 76.8 Å². The third kappa shape index (κ3) is 21.6. The number of aromatic nitrogens is 3. The fourth-order valence-electron chi connectivity index (χ4n) is 12.3. The Hall–Kier alpha value is -8.55. The summed E-state index contributed by atoms with van der Waals surface area (Å²) in [6, 6.07) is 43.5. The monoisotopic (exact) mass is 1570 g/mol. The quantitative estimate of drug-likeness (QED) is 0.0702. The smallest absolute Gasteiger partial charge is 0.357 e. The Kier molecular flexibility index (Phi) is 27.2. The lowest BCUT2D eigenvalue weighted by Crippen LogP contribution is -2.32. The minimum absolute atomic E-state index is 0.214. The lowest BCUT2D eigenvalue weighted by Gasteiger charge is -2.27. The normalized spacial score (nSPS) is 17.6. The molecule has 552 valence electrons. The number of nitrogens with one attached hydrogen (secondary N) is 2. The van der Waals surface area contributed by atoms with E-state index in [4.69, 9.17) is 69.6 Å². The molecule has 0 spiro atoms. The summed E-state index contributed by atoms with van der Waals surface area (Å²) in [4.78, 5) is 61.3. The molecule has 14 nitrogen and oxygen atoms in total. The number of alkyl halides is 10. The van der Waals surface area contributed by atoms with Crippen LogP contribution in [0.3, 0.4) is 0 Å². The van der Waals surface area contributed by atoms with E-state index < -0.39 is 53.3 Å². The van der Waals surface area contributed by atoms with Crippen molar-refractivity contribution in [3.63, 3.8) is 0 Å². The molecule has 0 radical (unpaired) electrons. The van der Waals surface area contributed by atoms with Gasteiger partial charge in [-0.1, -0.05) is 119 Å². The SMILES string of the molecule is C1CCNCC1.ClCc1ccc(Cl)nc1.O=C1N(Cc2ccc(Cl)nc2)C[C@H](c2cccc(C(F)(F)F)c2)N1c1ccc(Cl)cc1.O=C1N(Cc2ccc(N3CCCCC3)nc2)C[C@H](c2cccc(C(F)(F)F)c2)N1c1ccc(Cl)cc1.O=C1NC[C@H](c2cccc(C(F)(F)F)c2)N1c1ccc(Cl)cc1. The van der Waals surface area contributed by atoms with Crippen LogP contribution in [0, 0.1) is 0 Å². The molecule has 3 aromatic heterocycles. The van der Waals surface area contributed by atoms with Crippen LogP contribution in [0.1, 0.15) is 107 Å². The maximum absolute atomic E-state index is 13.5. The van der Waals surface area contributed by atoms with E-state index in [0.717, 1.165) is 84.8 Å². The zero-order valence-corrected chi connectivity index (χ0v) is 60.6. The molecule has 105 heavy (non-hydrogen) atoms. The van der Waals surface area contributed by atoms with Crippen LogP contribution in [0.15, 0.2) is 201 Å². The molecule has 0 unspecified atom stereocenters. The van der Waals surface area contributed by atoms with Crippen molar-refractivity contribution in [2.75, 3.05) is 65.4 Å². The predicted octanol–water partition coefficient (Wildman–Crippen LogP) is 21.4. The van der Waals surface area contributed by atoms with Gasteiger partial charge >= 0.3 is 36.6 Å². The predicted molar refractivity (Wildman–Crippen MR) is 394 cm³/mol. The van der Waals surface area contributed by atoms with Gasteiger partial charge in [-0.05, 0) is 206 Å². The van der Waals surface area contributed by atoms with Gasteiger partial charge in [0, 0.05) is 102 Å². The molecule has 2 N–H and O–H groups in total. The van der Waals surface area contributed by atoms with Crippen molar-refractivity contribution in [1.29, 1.82) is 0 Å². The molecule has 5 aliphatic rings. The topological polar surface area (TPSA) is 133 Å². The number of pyridine rings is 3. The minimum atomic E-state index is -4.47. The maximum Gasteiger partial charge on any atom is 0.416 e. The second kappa shape index (κ2) is 36.2. The standard InChI is InChI=1S/C27H26ClF3N4O.C22H16Cl2F3N3O.C16H12ClF3N2O.C6H5Cl2N.C5H11N/c28-22-8-10-23(11-9-22)35-24(20-5-4-6-21(15-20)27(29,30)31)18-34(26(35)36)17-19-7-12-25(32-16-19)33-13-2-1-3-14-33;23-17-5-7-18(8-6-17)30-19(15-2-1-3-16(10-15)22(25,26)27)13-29(21(30)31)12-14-4-9-20(24)28-11-14;17-12-4-6-13(7-5-12)22-14(9-21-15(22)23)10-2-1-3-11(8-10)16(18,19)20;7-3-5-1-2-6(8)9-4-5;1-2-4-6-5-3-1/h4-12,15-16,24H,1-3,13-14,17-18H2;1-11,19H,12-13H2;1-8,14H,9H2,(H,21,23);1-2,4H,3H2;6H,1-5H2/t24-;19-;14-;;/m111../s1. The number of carbonyl (C=O) groups excluding carboxylic acids is 3. The molecule has 0 bridgehead atoms. The molecular formula is C76H70Cl6F9N11O3. The summed E-state index contributed by atoms with van der Waals surface area (Å²) in [7, 11) is 0. The summed E-state index contributed by atoms with van der Waals surface area (Å²) >= 11 is 34.7. The van der Waals surface area contributed by atoms with Crippen LogP contribution >= 0.6 is 69.6 Å². The largest absolute Gasteiger partial charge is 0.416 e. The summed E-state index contributed by atoms with van der Waals surface area (Å²) in [5.41, 5.74) is 3.34. The fraction of sp³-hybridized carbons (Fsp3) is 0.289.